The van der Waals surface area contributed by atoms with Crippen molar-refractivity contribution in [3.05, 3.63) is 70.3 Å². The Balaban J connectivity index is 2.08. The third-order valence-electron chi connectivity index (χ3n) is 3.10. The maximum absolute atomic E-state index is 12.6. The van der Waals surface area contributed by atoms with Crippen LogP contribution >= 0.6 is 15.9 Å². The second kappa shape index (κ2) is 5.54. The zero-order valence-corrected chi connectivity index (χ0v) is 12.6. The van der Waals surface area contributed by atoms with Crippen LogP contribution in [0.3, 0.4) is 0 Å². The average molecular weight is 342 g/mol. The Kier molecular flexibility index (Phi) is 3.58. The molecule has 0 atom stereocenters. The van der Waals surface area contributed by atoms with Crippen LogP contribution in [0.15, 0.2) is 59.1 Å². The van der Waals surface area contributed by atoms with Crippen LogP contribution < -0.4 is 5.73 Å². The van der Waals surface area contributed by atoms with E-state index in [4.69, 9.17) is 5.73 Å². The number of benzene rings is 2. The molecule has 3 aromatic rings. The lowest BCUT2D eigenvalue weighted by atomic mass is 10.0. The van der Waals surface area contributed by atoms with Gasteiger partial charge in [-0.25, -0.2) is 4.98 Å². The summed E-state index contributed by atoms with van der Waals surface area (Å²) < 4.78 is 0.964. The van der Waals surface area contributed by atoms with Gasteiger partial charge in [0.2, 0.25) is 5.78 Å². The minimum Gasteiger partial charge on any atom is -0.369 e. The Bertz CT molecular complexity index is 779. The van der Waals surface area contributed by atoms with Crippen LogP contribution in [0.2, 0.25) is 0 Å². The number of nitrogens with zero attached hydrogens (tertiary/aromatic N) is 1. The van der Waals surface area contributed by atoms with Crippen molar-refractivity contribution in [3.63, 3.8) is 0 Å². The van der Waals surface area contributed by atoms with Gasteiger partial charge in [0, 0.05) is 15.6 Å². The highest BCUT2D eigenvalue weighted by Crippen LogP contribution is 2.26. The number of ketones is 1. The second-order valence-electron chi connectivity index (χ2n) is 4.55. The van der Waals surface area contributed by atoms with Gasteiger partial charge >= 0.3 is 0 Å². The van der Waals surface area contributed by atoms with Crippen LogP contribution in [0, 0.1) is 0 Å². The van der Waals surface area contributed by atoms with Crippen molar-refractivity contribution >= 4 is 27.7 Å². The molecule has 0 aliphatic carbocycles. The quantitative estimate of drug-likeness (QED) is 0.714. The van der Waals surface area contributed by atoms with Gasteiger partial charge < -0.3 is 10.7 Å². The number of nitrogens with two attached hydrogens (primary N) is 1. The molecule has 1 heterocycles. The Morgan fingerprint density at radius 1 is 1.05 bits per heavy atom. The van der Waals surface area contributed by atoms with Crippen LogP contribution in [-0.2, 0) is 0 Å². The monoisotopic (exact) mass is 341 g/mol. The summed E-state index contributed by atoms with van der Waals surface area (Å²) in [6.45, 7) is 0. The van der Waals surface area contributed by atoms with Crippen molar-refractivity contribution in [2.45, 2.75) is 0 Å². The Morgan fingerprint density at radius 2 is 1.71 bits per heavy atom. The van der Waals surface area contributed by atoms with Crippen LogP contribution in [0.25, 0.3) is 11.3 Å². The molecule has 3 N–H and O–H groups in total. The van der Waals surface area contributed by atoms with E-state index in [1.807, 2.05) is 42.5 Å². The van der Waals surface area contributed by atoms with Crippen LogP contribution in [0.4, 0.5) is 5.95 Å². The van der Waals surface area contributed by atoms with Crippen molar-refractivity contribution in [1.82, 2.24) is 9.97 Å². The number of carbonyl (C=O) groups excluding carboxylic acids is 1. The van der Waals surface area contributed by atoms with Gasteiger partial charge in [-0.1, -0.05) is 58.4 Å². The SMILES string of the molecule is Nc1nc(-c2ccc(Br)cc2)c(C(=O)c2ccccc2)[nH]1. The molecule has 5 heteroatoms. The van der Waals surface area contributed by atoms with Gasteiger partial charge in [0.05, 0.1) is 0 Å². The summed E-state index contributed by atoms with van der Waals surface area (Å²) >= 11 is 3.39. The summed E-state index contributed by atoms with van der Waals surface area (Å²) in [7, 11) is 0. The van der Waals surface area contributed by atoms with E-state index in [1.54, 1.807) is 12.1 Å². The first kappa shape index (κ1) is 13.6. The molecule has 0 aliphatic heterocycles. The van der Waals surface area contributed by atoms with Gasteiger partial charge in [0.1, 0.15) is 11.4 Å². The van der Waals surface area contributed by atoms with Gasteiger partial charge in [-0.3, -0.25) is 4.79 Å². The molecule has 0 saturated carbocycles. The molecule has 0 radical (unpaired) electrons. The molecular formula is C16H12BrN3O. The predicted molar refractivity (Wildman–Crippen MR) is 86.0 cm³/mol. The Labute approximate surface area is 130 Å². The number of aromatic nitrogens is 2. The molecule has 0 unspecified atom stereocenters. The highest BCUT2D eigenvalue weighted by atomic mass is 79.9. The van der Waals surface area contributed by atoms with Gasteiger partial charge in [0.25, 0.3) is 0 Å². The minimum atomic E-state index is -0.127. The van der Waals surface area contributed by atoms with Crippen molar-refractivity contribution in [2.75, 3.05) is 5.73 Å². The topological polar surface area (TPSA) is 71.8 Å². The number of nitrogens with one attached hydrogen (secondary N) is 1. The number of H-pyrrole nitrogens is 1. The maximum atomic E-state index is 12.6. The average Bonchev–Trinajstić information content (AvgIpc) is 2.90. The molecule has 3 rings (SSSR count). The van der Waals surface area contributed by atoms with Gasteiger partial charge in [0.15, 0.2) is 5.95 Å². The lowest BCUT2D eigenvalue weighted by Gasteiger charge is -2.03. The third kappa shape index (κ3) is 2.73. The lowest BCUT2D eigenvalue weighted by molar-refractivity contribution is 0.103. The number of hydrogen-bond donors (Lipinski definition) is 2. The van der Waals surface area contributed by atoms with E-state index in [-0.39, 0.29) is 11.7 Å². The highest BCUT2D eigenvalue weighted by Gasteiger charge is 2.19. The highest BCUT2D eigenvalue weighted by molar-refractivity contribution is 9.10. The number of carbonyl (C=O) groups is 1. The fourth-order valence-electron chi connectivity index (χ4n) is 2.11. The molecule has 0 saturated heterocycles. The number of nitrogen functional groups attached to an aromatic ring is 1. The molecular weight excluding hydrogens is 330 g/mol. The van der Waals surface area contributed by atoms with Crippen molar-refractivity contribution in [3.8, 4) is 11.3 Å². The molecule has 104 valence electrons. The number of anilines is 1. The van der Waals surface area contributed by atoms with E-state index in [1.165, 1.54) is 0 Å². The molecule has 21 heavy (non-hydrogen) atoms. The number of rotatable bonds is 3. The van der Waals surface area contributed by atoms with Gasteiger partial charge in [-0.05, 0) is 12.1 Å². The van der Waals surface area contributed by atoms with E-state index in [0.717, 1.165) is 10.0 Å². The standard InChI is InChI=1S/C16H12BrN3O/c17-12-8-6-10(7-9-12)13-14(20-16(18)19-13)15(21)11-4-2-1-3-5-11/h1-9H,(H3,18,19,20). The van der Waals surface area contributed by atoms with Crippen molar-refractivity contribution in [1.29, 1.82) is 0 Å². The molecule has 2 aromatic carbocycles. The fourth-order valence-corrected chi connectivity index (χ4v) is 2.37. The second-order valence-corrected chi connectivity index (χ2v) is 5.46. The fraction of sp³-hybridized carbons (Fsp3) is 0. The van der Waals surface area contributed by atoms with Crippen LogP contribution in [-0.4, -0.2) is 15.8 Å². The van der Waals surface area contributed by atoms with E-state index >= 15 is 0 Å². The summed E-state index contributed by atoms with van der Waals surface area (Å²) in [5.41, 5.74) is 8.14. The maximum Gasteiger partial charge on any atom is 0.211 e. The zero-order chi connectivity index (χ0) is 14.8. The van der Waals surface area contributed by atoms with E-state index in [2.05, 4.69) is 25.9 Å². The molecule has 0 aliphatic rings. The summed E-state index contributed by atoms with van der Waals surface area (Å²) in [4.78, 5) is 19.7. The first-order valence-electron chi connectivity index (χ1n) is 6.36. The van der Waals surface area contributed by atoms with Gasteiger partial charge in [-0.15, -0.1) is 0 Å². The smallest absolute Gasteiger partial charge is 0.211 e. The van der Waals surface area contributed by atoms with Crippen LogP contribution in [0.1, 0.15) is 16.1 Å². The molecule has 4 nitrogen and oxygen atoms in total. The Hall–Kier alpha value is -2.40. The predicted octanol–water partition coefficient (Wildman–Crippen LogP) is 3.65. The molecule has 0 amide bonds. The third-order valence-corrected chi connectivity index (χ3v) is 3.63. The molecule has 1 aromatic heterocycles. The number of hydrogen-bond acceptors (Lipinski definition) is 3. The van der Waals surface area contributed by atoms with E-state index in [0.29, 0.717) is 17.0 Å². The van der Waals surface area contributed by atoms with Crippen molar-refractivity contribution < 1.29 is 4.79 Å². The summed E-state index contributed by atoms with van der Waals surface area (Å²) in [5.74, 6) is 0.102. The lowest BCUT2D eigenvalue weighted by Crippen LogP contribution is -2.03. The number of halogens is 1. The first-order chi connectivity index (χ1) is 10.1. The minimum absolute atomic E-state index is 0.127. The number of imidazole rings is 1. The summed E-state index contributed by atoms with van der Waals surface area (Å²) in [5, 5.41) is 0. The van der Waals surface area contributed by atoms with E-state index in [9.17, 15) is 4.79 Å². The summed E-state index contributed by atoms with van der Waals surface area (Å²) in [6, 6.07) is 16.6. The summed E-state index contributed by atoms with van der Waals surface area (Å²) in [6.07, 6.45) is 0. The molecule has 0 spiro atoms. The van der Waals surface area contributed by atoms with Crippen molar-refractivity contribution in [2.24, 2.45) is 0 Å². The zero-order valence-electron chi connectivity index (χ0n) is 11.0. The van der Waals surface area contributed by atoms with Crippen LogP contribution in [0.5, 0.6) is 0 Å². The Morgan fingerprint density at radius 3 is 2.38 bits per heavy atom. The normalized spacial score (nSPS) is 10.5. The largest absolute Gasteiger partial charge is 0.369 e. The molecule has 0 bridgehead atoms. The molecule has 0 fully saturated rings. The van der Waals surface area contributed by atoms with E-state index < -0.39 is 0 Å². The van der Waals surface area contributed by atoms with Gasteiger partial charge in [-0.2, -0.15) is 0 Å². The first-order valence-corrected chi connectivity index (χ1v) is 7.15. The number of aromatic amines is 1.